The predicted octanol–water partition coefficient (Wildman–Crippen LogP) is 2.54. The van der Waals surface area contributed by atoms with Gasteiger partial charge >= 0.3 is 11.9 Å². The monoisotopic (exact) mass is 623 g/mol. The van der Waals surface area contributed by atoms with Crippen LogP contribution in [0.25, 0.3) is 16.6 Å². The highest BCUT2D eigenvalue weighted by molar-refractivity contribution is 5.97. The average molecular weight is 624 g/mol. The van der Waals surface area contributed by atoms with Gasteiger partial charge in [0.1, 0.15) is 12.4 Å². The molecular weight excluding hydrogens is 582 g/mol. The highest BCUT2D eigenvalue weighted by atomic mass is 16.6. The molecule has 2 aromatic rings. The smallest absolute Gasteiger partial charge is 0.351 e. The van der Waals surface area contributed by atoms with Crippen molar-refractivity contribution in [1.29, 1.82) is 0 Å². The number of aliphatic hydroxyl groups is 2. The number of amides is 1. The maximum Gasteiger partial charge on any atom is 0.351 e. The van der Waals surface area contributed by atoms with Gasteiger partial charge in [-0.25, -0.2) is 9.78 Å². The summed E-state index contributed by atoms with van der Waals surface area (Å²) in [5.74, 6) is -3.05. The third-order valence-electron chi connectivity index (χ3n) is 8.92. The Kier molecular flexibility index (Phi) is 9.41. The van der Waals surface area contributed by atoms with Crippen molar-refractivity contribution in [3.63, 3.8) is 0 Å². The maximum atomic E-state index is 13.7. The number of hydrogen-bond acceptors (Lipinski definition) is 11. The lowest BCUT2D eigenvalue weighted by Gasteiger charge is -2.46. The summed E-state index contributed by atoms with van der Waals surface area (Å²) in [5, 5.41) is 21.5. The Bertz CT molecular complexity index is 1520. The van der Waals surface area contributed by atoms with Crippen molar-refractivity contribution in [2.24, 2.45) is 11.8 Å². The molecule has 12 nitrogen and oxygen atoms in total. The average Bonchev–Trinajstić information content (AvgIpc) is 3.34. The topological polar surface area (TPSA) is 156 Å². The molecule has 5 atom stereocenters. The number of ether oxygens (including phenoxy) is 3. The number of cyclic esters (lactones) is 1. The van der Waals surface area contributed by atoms with Crippen molar-refractivity contribution in [2.75, 3.05) is 26.8 Å². The Labute approximate surface area is 261 Å². The lowest BCUT2D eigenvalue weighted by Crippen LogP contribution is -2.60. The molecule has 0 aliphatic carbocycles. The van der Waals surface area contributed by atoms with Gasteiger partial charge in [-0.3, -0.25) is 19.3 Å². The van der Waals surface area contributed by atoms with Crippen LogP contribution in [0.3, 0.4) is 0 Å². The van der Waals surface area contributed by atoms with E-state index in [1.54, 1.807) is 18.9 Å². The highest BCUT2D eigenvalue weighted by Crippen LogP contribution is 2.47. The number of aromatic nitrogens is 1. The zero-order chi connectivity index (χ0) is 32.5. The van der Waals surface area contributed by atoms with Crippen LogP contribution < -0.4 is 0 Å². The van der Waals surface area contributed by atoms with Crippen molar-refractivity contribution < 1.29 is 43.6 Å². The molecule has 45 heavy (non-hydrogen) atoms. The molecule has 5 rings (SSSR count). The van der Waals surface area contributed by atoms with Gasteiger partial charge in [-0.1, -0.05) is 25.1 Å². The number of aliphatic hydroxyl groups excluding tert-OH is 1. The fourth-order valence-corrected chi connectivity index (χ4v) is 6.48. The van der Waals surface area contributed by atoms with E-state index in [0.29, 0.717) is 24.4 Å². The molecule has 4 unspecified atom stereocenters. The molecule has 3 aliphatic heterocycles. The second-order valence-electron chi connectivity index (χ2n) is 12.5. The predicted molar refractivity (Wildman–Crippen MR) is 162 cm³/mol. The van der Waals surface area contributed by atoms with Gasteiger partial charge in [0.2, 0.25) is 17.9 Å². The van der Waals surface area contributed by atoms with Crippen LogP contribution >= 0.6 is 0 Å². The van der Waals surface area contributed by atoms with Gasteiger partial charge in [-0.05, 0) is 58.4 Å². The quantitative estimate of drug-likeness (QED) is 0.250. The first-order valence-electron chi connectivity index (χ1n) is 15.4. The summed E-state index contributed by atoms with van der Waals surface area (Å²) >= 11 is 0. The number of ketones is 1. The summed E-state index contributed by atoms with van der Waals surface area (Å²) in [5.41, 5.74) is 0.108. The van der Waals surface area contributed by atoms with E-state index in [1.165, 1.54) is 18.7 Å². The van der Waals surface area contributed by atoms with Gasteiger partial charge in [0, 0.05) is 36.3 Å². The number of fused-ring (bicyclic) bond motifs is 5. The molecular formula is C33H41N3O9. The Balaban J connectivity index is 1.24. The number of esters is 2. The second-order valence-corrected chi connectivity index (χ2v) is 12.5. The van der Waals surface area contributed by atoms with E-state index in [1.807, 2.05) is 36.4 Å². The minimum atomic E-state index is -1.67. The van der Waals surface area contributed by atoms with Crippen molar-refractivity contribution in [1.82, 2.24) is 14.8 Å². The van der Waals surface area contributed by atoms with Crippen LogP contribution in [0.2, 0.25) is 0 Å². The van der Waals surface area contributed by atoms with E-state index in [4.69, 9.17) is 19.2 Å². The van der Waals surface area contributed by atoms with Gasteiger partial charge in [0.05, 0.1) is 41.6 Å². The van der Waals surface area contributed by atoms with E-state index in [0.717, 1.165) is 16.5 Å². The van der Waals surface area contributed by atoms with E-state index in [-0.39, 0.29) is 57.1 Å². The standard InChI is InChI=1S/C33H41N3O9/c1-5-33(45-27(38)11-8-13-35(4)31(41)43-14-12-32(3,42)17-20(2)37)24-16-26-28-22(15-21-9-6-7-10-25(21)34-28)18-36(26)29(39)23(24)19-44-30(33)40/h6-7,9-10,15-16,23-24,31,41-42H,5,8,11-14,17-19H2,1-4H3/t23?,24?,31?,32?,33-/m0/s1. The molecule has 1 saturated heterocycles. The number of pyridine rings is 1. The first kappa shape index (κ1) is 32.7. The van der Waals surface area contributed by atoms with Crippen molar-refractivity contribution >= 4 is 40.2 Å². The fourth-order valence-electron chi connectivity index (χ4n) is 6.48. The number of hydrogen-bond donors (Lipinski definition) is 2. The Morgan fingerprint density at radius 2 is 2.04 bits per heavy atom. The van der Waals surface area contributed by atoms with Crippen molar-refractivity contribution in [2.45, 2.75) is 77.0 Å². The summed E-state index contributed by atoms with van der Waals surface area (Å²) in [7, 11) is 1.61. The molecule has 12 heteroatoms. The second kappa shape index (κ2) is 13.0. The van der Waals surface area contributed by atoms with Crippen LogP contribution in [0.4, 0.5) is 0 Å². The molecule has 1 fully saturated rings. The van der Waals surface area contributed by atoms with Gasteiger partial charge in [-0.2, -0.15) is 0 Å². The largest absolute Gasteiger partial charge is 0.462 e. The summed E-state index contributed by atoms with van der Waals surface area (Å²) in [6.45, 7) is 5.23. The Hall–Kier alpha value is -3.71. The Morgan fingerprint density at radius 1 is 1.29 bits per heavy atom. The molecule has 1 amide bonds. The lowest BCUT2D eigenvalue weighted by atomic mass is 9.72. The summed E-state index contributed by atoms with van der Waals surface area (Å²) in [4.78, 5) is 59.5. The van der Waals surface area contributed by atoms with Crippen LogP contribution in [-0.2, 0) is 39.9 Å². The normalized spacial score (nSPS) is 24.3. The molecule has 242 valence electrons. The third kappa shape index (κ3) is 6.64. The molecule has 2 N–H and O–H groups in total. The van der Waals surface area contributed by atoms with Gasteiger partial charge in [0.15, 0.2) is 0 Å². The van der Waals surface area contributed by atoms with Crippen LogP contribution in [0.15, 0.2) is 36.4 Å². The zero-order valence-corrected chi connectivity index (χ0v) is 26.2. The maximum absolute atomic E-state index is 13.7. The molecule has 0 bridgehead atoms. The lowest BCUT2D eigenvalue weighted by molar-refractivity contribution is -0.205. The van der Waals surface area contributed by atoms with Crippen LogP contribution in [0, 0.1) is 11.8 Å². The number of Topliss-reactive ketones (excluding diaryl/α,β-unsaturated/α-hetero) is 1. The molecule has 4 heterocycles. The van der Waals surface area contributed by atoms with Gasteiger partial charge in [0.25, 0.3) is 0 Å². The number of benzene rings is 1. The molecule has 1 aromatic heterocycles. The molecule has 0 saturated carbocycles. The molecule has 0 spiro atoms. The fraction of sp³-hybridized carbons (Fsp3) is 0.545. The van der Waals surface area contributed by atoms with E-state index >= 15 is 0 Å². The number of nitrogens with zero attached hydrogens (tertiary/aromatic N) is 3. The summed E-state index contributed by atoms with van der Waals surface area (Å²) in [6, 6.07) is 9.75. The van der Waals surface area contributed by atoms with Crippen molar-refractivity contribution in [3.05, 3.63) is 47.7 Å². The SMILES string of the molecule is CC[C@@]1(OC(=O)CCCN(C)C(O)OCCC(C)(O)CC(C)=O)C(=O)OCC2C(=O)N3Cc4cc5ccccc5nc4C3=CC21. The van der Waals surface area contributed by atoms with Crippen molar-refractivity contribution in [3.8, 4) is 0 Å². The van der Waals surface area contributed by atoms with Crippen LogP contribution in [0.1, 0.15) is 64.1 Å². The molecule has 3 aliphatic rings. The van der Waals surface area contributed by atoms with Crippen LogP contribution in [0.5, 0.6) is 0 Å². The van der Waals surface area contributed by atoms with Gasteiger partial charge < -0.3 is 29.3 Å². The highest BCUT2D eigenvalue weighted by Gasteiger charge is 2.59. The molecule has 1 aromatic carbocycles. The van der Waals surface area contributed by atoms with E-state index in [2.05, 4.69) is 0 Å². The number of rotatable bonds is 13. The number of carbonyl (C=O) groups is 4. The van der Waals surface area contributed by atoms with E-state index in [9.17, 15) is 29.4 Å². The third-order valence-corrected chi connectivity index (χ3v) is 8.92. The van der Waals surface area contributed by atoms with Crippen LogP contribution in [-0.4, -0.2) is 93.0 Å². The number of carbonyl (C=O) groups excluding carboxylic acids is 4. The summed E-state index contributed by atoms with van der Waals surface area (Å²) in [6.07, 6.45) is 1.08. The zero-order valence-electron chi connectivity index (χ0n) is 26.2. The first-order valence-corrected chi connectivity index (χ1v) is 15.4. The first-order chi connectivity index (χ1) is 21.3. The Morgan fingerprint density at radius 3 is 2.78 bits per heavy atom. The number of para-hydroxylation sites is 1. The van der Waals surface area contributed by atoms with Gasteiger partial charge in [-0.15, -0.1) is 0 Å². The minimum absolute atomic E-state index is 0.0102. The minimum Gasteiger partial charge on any atom is -0.462 e. The van der Waals surface area contributed by atoms with E-state index < -0.39 is 41.4 Å². The molecule has 0 radical (unpaired) electrons. The summed E-state index contributed by atoms with van der Waals surface area (Å²) < 4.78 is 16.8.